The molecule has 0 amide bonds. The summed E-state index contributed by atoms with van der Waals surface area (Å²) in [5.41, 5.74) is 0.129. The standard InChI is InChI=1S/C11H13FN2O2/c12-10-6-9(4-5-11(10)14(15)16)13-7-8-2-1-3-8/h4-6,8,13H,1-3,7H2. The molecule has 0 atom stereocenters. The van der Waals surface area contributed by atoms with Crippen LogP contribution in [0, 0.1) is 21.8 Å². The number of nitro benzene ring substituents is 1. The normalized spacial score (nSPS) is 15.6. The van der Waals surface area contributed by atoms with E-state index in [2.05, 4.69) is 5.32 Å². The number of hydrogen-bond donors (Lipinski definition) is 1. The number of nitrogens with zero attached hydrogens (tertiary/aromatic N) is 1. The van der Waals surface area contributed by atoms with E-state index in [1.807, 2.05) is 0 Å². The minimum Gasteiger partial charge on any atom is -0.385 e. The lowest BCUT2D eigenvalue weighted by Crippen LogP contribution is -2.20. The number of benzene rings is 1. The average molecular weight is 224 g/mol. The second kappa shape index (κ2) is 4.47. The topological polar surface area (TPSA) is 55.2 Å². The van der Waals surface area contributed by atoms with Gasteiger partial charge in [0, 0.05) is 24.4 Å². The Morgan fingerprint density at radius 2 is 2.25 bits per heavy atom. The highest BCUT2D eigenvalue weighted by molar-refractivity contribution is 5.49. The molecule has 2 rings (SSSR count). The maximum absolute atomic E-state index is 13.2. The van der Waals surface area contributed by atoms with Crippen molar-refractivity contribution < 1.29 is 9.31 Å². The molecule has 4 nitrogen and oxygen atoms in total. The number of nitro groups is 1. The predicted octanol–water partition coefficient (Wildman–Crippen LogP) is 2.95. The van der Waals surface area contributed by atoms with Gasteiger partial charge in [0.2, 0.25) is 5.82 Å². The summed E-state index contributed by atoms with van der Waals surface area (Å²) in [6, 6.07) is 3.91. The van der Waals surface area contributed by atoms with Crippen molar-refractivity contribution in [1.82, 2.24) is 0 Å². The third-order valence-corrected chi connectivity index (χ3v) is 2.96. The van der Waals surface area contributed by atoms with Gasteiger partial charge in [0.25, 0.3) is 0 Å². The number of halogens is 1. The largest absolute Gasteiger partial charge is 0.385 e. The Hall–Kier alpha value is -1.65. The van der Waals surface area contributed by atoms with E-state index in [9.17, 15) is 14.5 Å². The maximum atomic E-state index is 13.2. The molecule has 1 fully saturated rings. The maximum Gasteiger partial charge on any atom is 0.304 e. The van der Waals surface area contributed by atoms with E-state index in [0.717, 1.165) is 6.54 Å². The lowest BCUT2D eigenvalue weighted by Gasteiger charge is -2.25. The average Bonchev–Trinajstić information content (AvgIpc) is 2.14. The van der Waals surface area contributed by atoms with Crippen molar-refractivity contribution in [2.75, 3.05) is 11.9 Å². The van der Waals surface area contributed by atoms with Crippen LogP contribution in [0.15, 0.2) is 18.2 Å². The van der Waals surface area contributed by atoms with Gasteiger partial charge < -0.3 is 5.32 Å². The van der Waals surface area contributed by atoms with Crippen LogP contribution >= 0.6 is 0 Å². The van der Waals surface area contributed by atoms with Crippen LogP contribution in [-0.2, 0) is 0 Å². The van der Waals surface area contributed by atoms with Crippen molar-refractivity contribution in [1.29, 1.82) is 0 Å². The first-order chi connectivity index (χ1) is 7.66. The minimum absolute atomic E-state index is 0.478. The van der Waals surface area contributed by atoms with Crippen LogP contribution in [0.5, 0.6) is 0 Å². The lowest BCUT2D eigenvalue weighted by molar-refractivity contribution is -0.387. The zero-order valence-corrected chi connectivity index (χ0v) is 8.78. The summed E-state index contributed by atoms with van der Waals surface area (Å²) in [5.74, 6) is -0.123. The third-order valence-electron chi connectivity index (χ3n) is 2.96. The van der Waals surface area contributed by atoms with Gasteiger partial charge in [0.1, 0.15) is 0 Å². The van der Waals surface area contributed by atoms with Crippen LogP contribution in [0.1, 0.15) is 19.3 Å². The first-order valence-corrected chi connectivity index (χ1v) is 5.34. The second-order valence-electron chi connectivity index (χ2n) is 4.10. The number of rotatable bonds is 4. The number of nitrogens with one attached hydrogen (secondary N) is 1. The Morgan fingerprint density at radius 3 is 2.75 bits per heavy atom. The Kier molecular flexibility index (Phi) is 3.03. The van der Waals surface area contributed by atoms with Crippen LogP contribution < -0.4 is 5.32 Å². The Bertz CT molecular complexity index is 405. The fourth-order valence-corrected chi connectivity index (χ4v) is 1.72. The van der Waals surface area contributed by atoms with Crippen LogP contribution in [0.4, 0.5) is 15.8 Å². The van der Waals surface area contributed by atoms with E-state index in [1.165, 1.54) is 31.4 Å². The van der Waals surface area contributed by atoms with Crippen molar-refractivity contribution in [3.8, 4) is 0 Å². The molecular formula is C11H13FN2O2. The van der Waals surface area contributed by atoms with E-state index in [4.69, 9.17) is 0 Å². The quantitative estimate of drug-likeness (QED) is 0.631. The lowest BCUT2D eigenvalue weighted by atomic mass is 9.85. The van der Waals surface area contributed by atoms with Crippen molar-refractivity contribution >= 4 is 11.4 Å². The molecule has 0 bridgehead atoms. The minimum atomic E-state index is -0.788. The fourth-order valence-electron chi connectivity index (χ4n) is 1.72. The summed E-state index contributed by atoms with van der Waals surface area (Å²) in [6.45, 7) is 0.817. The van der Waals surface area contributed by atoms with Crippen molar-refractivity contribution in [2.24, 2.45) is 5.92 Å². The molecule has 0 aromatic heterocycles. The van der Waals surface area contributed by atoms with E-state index in [0.29, 0.717) is 11.6 Å². The molecule has 16 heavy (non-hydrogen) atoms. The number of hydrogen-bond acceptors (Lipinski definition) is 3. The molecule has 1 aliphatic rings. The number of anilines is 1. The summed E-state index contributed by atoms with van der Waals surface area (Å²) in [4.78, 5) is 9.68. The van der Waals surface area contributed by atoms with Gasteiger partial charge in [-0.25, -0.2) is 0 Å². The molecule has 0 saturated heterocycles. The molecular weight excluding hydrogens is 211 g/mol. The van der Waals surface area contributed by atoms with Gasteiger partial charge in [-0.15, -0.1) is 0 Å². The SMILES string of the molecule is O=[N+]([O-])c1ccc(NCC2CCC2)cc1F. The smallest absolute Gasteiger partial charge is 0.304 e. The first-order valence-electron chi connectivity index (χ1n) is 5.34. The van der Waals surface area contributed by atoms with E-state index >= 15 is 0 Å². The highest BCUT2D eigenvalue weighted by Gasteiger charge is 2.18. The molecule has 0 radical (unpaired) electrons. The first kappa shape index (κ1) is 10.9. The van der Waals surface area contributed by atoms with Gasteiger partial charge in [0.05, 0.1) is 4.92 Å². The van der Waals surface area contributed by atoms with Gasteiger partial charge in [-0.1, -0.05) is 6.42 Å². The van der Waals surface area contributed by atoms with Gasteiger partial charge in [-0.2, -0.15) is 4.39 Å². The third kappa shape index (κ3) is 2.29. The summed E-state index contributed by atoms with van der Waals surface area (Å²) >= 11 is 0. The molecule has 5 heteroatoms. The summed E-state index contributed by atoms with van der Waals surface area (Å²) in [5, 5.41) is 13.5. The molecule has 1 aliphatic carbocycles. The highest BCUT2D eigenvalue weighted by atomic mass is 19.1. The molecule has 1 saturated carbocycles. The Balaban J connectivity index is 1.99. The van der Waals surface area contributed by atoms with Gasteiger partial charge in [0.15, 0.2) is 0 Å². The molecule has 1 aromatic rings. The monoisotopic (exact) mass is 224 g/mol. The van der Waals surface area contributed by atoms with E-state index < -0.39 is 16.4 Å². The second-order valence-corrected chi connectivity index (χ2v) is 4.10. The molecule has 0 unspecified atom stereocenters. The summed E-state index contributed by atoms with van der Waals surface area (Å²) < 4.78 is 13.2. The van der Waals surface area contributed by atoms with Gasteiger partial charge in [-0.05, 0) is 24.8 Å². The molecule has 0 spiro atoms. The van der Waals surface area contributed by atoms with Crippen molar-refractivity contribution in [3.05, 3.63) is 34.1 Å². The van der Waals surface area contributed by atoms with Gasteiger partial charge in [-0.3, -0.25) is 10.1 Å². The summed E-state index contributed by atoms with van der Waals surface area (Å²) in [6.07, 6.45) is 3.69. The Labute approximate surface area is 92.6 Å². The zero-order valence-electron chi connectivity index (χ0n) is 8.78. The summed E-state index contributed by atoms with van der Waals surface area (Å²) in [7, 11) is 0. The molecule has 0 heterocycles. The fraction of sp³-hybridized carbons (Fsp3) is 0.455. The van der Waals surface area contributed by atoms with Crippen LogP contribution in [0.2, 0.25) is 0 Å². The zero-order chi connectivity index (χ0) is 11.5. The van der Waals surface area contributed by atoms with Crippen LogP contribution in [-0.4, -0.2) is 11.5 Å². The molecule has 0 aliphatic heterocycles. The van der Waals surface area contributed by atoms with Crippen molar-refractivity contribution in [3.63, 3.8) is 0 Å². The van der Waals surface area contributed by atoms with E-state index in [1.54, 1.807) is 6.07 Å². The Morgan fingerprint density at radius 1 is 1.50 bits per heavy atom. The molecule has 86 valence electrons. The highest BCUT2D eigenvalue weighted by Crippen LogP contribution is 2.27. The van der Waals surface area contributed by atoms with Crippen LogP contribution in [0.25, 0.3) is 0 Å². The van der Waals surface area contributed by atoms with Gasteiger partial charge >= 0.3 is 5.69 Å². The predicted molar refractivity (Wildman–Crippen MR) is 58.9 cm³/mol. The van der Waals surface area contributed by atoms with E-state index in [-0.39, 0.29) is 0 Å². The van der Waals surface area contributed by atoms with Crippen LogP contribution in [0.3, 0.4) is 0 Å². The molecule has 1 N–H and O–H groups in total. The molecule has 1 aromatic carbocycles. The van der Waals surface area contributed by atoms with Crippen molar-refractivity contribution in [2.45, 2.75) is 19.3 Å².